The number of hydrogen-bond donors (Lipinski definition) is 2. The molecule has 0 aliphatic carbocycles. The number of hydrogen-bond acceptors (Lipinski definition) is 4. The fraction of sp³-hybridized carbons (Fsp3) is 0.500. The van der Waals surface area contributed by atoms with Gasteiger partial charge in [-0.25, -0.2) is 0 Å². The molecule has 88 valence electrons. The summed E-state index contributed by atoms with van der Waals surface area (Å²) in [6, 6.07) is 5.94. The van der Waals surface area contributed by atoms with Gasteiger partial charge < -0.3 is 20.9 Å². The lowest BCUT2D eigenvalue weighted by Crippen LogP contribution is -2.11. The lowest BCUT2D eigenvalue weighted by atomic mass is 10.0. The van der Waals surface area contributed by atoms with Crippen LogP contribution in [-0.4, -0.2) is 13.3 Å². The maximum Gasteiger partial charge on any atom is 0.231 e. The van der Waals surface area contributed by atoms with Crippen LogP contribution >= 0.6 is 0 Å². The van der Waals surface area contributed by atoms with Crippen LogP contribution in [0.25, 0.3) is 0 Å². The van der Waals surface area contributed by atoms with E-state index in [1.807, 2.05) is 18.2 Å². The molecular formula is C12H18N2O2. The second-order valence-electron chi connectivity index (χ2n) is 4.00. The van der Waals surface area contributed by atoms with Gasteiger partial charge >= 0.3 is 0 Å². The minimum absolute atomic E-state index is 0.0565. The van der Waals surface area contributed by atoms with E-state index in [1.165, 1.54) is 0 Å². The Balaban J connectivity index is 1.98. The molecule has 4 N–H and O–H groups in total. The van der Waals surface area contributed by atoms with Crippen molar-refractivity contribution in [1.82, 2.24) is 0 Å². The summed E-state index contributed by atoms with van der Waals surface area (Å²) >= 11 is 0. The van der Waals surface area contributed by atoms with Gasteiger partial charge in [0.05, 0.1) is 0 Å². The molecule has 0 unspecified atom stereocenters. The Labute approximate surface area is 95.5 Å². The van der Waals surface area contributed by atoms with E-state index < -0.39 is 0 Å². The molecule has 0 radical (unpaired) electrons. The minimum Gasteiger partial charge on any atom is -0.454 e. The molecule has 1 atom stereocenters. The summed E-state index contributed by atoms with van der Waals surface area (Å²) in [7, 11) is 0. The van der Waals surface area contributed by atoms with Gasteiger partial charge in [-0.05, 0) is 37.1 Å². The first-order valence-corrected chi connectivity index (χ1v) is 5.66. The molecule has 0 amide bonds. The van der Waals surface area contributed by atoms with Crippen LogP contribution in [0.15, 0.2) is 18.2 Å². The molecule has 0 spiro atoms. The van der Waals surface area contributed by atoms with E-state index >= 15 is 0 Å². The van der Waals surface area contributed by atoms with Crippen molar-refractivity contribution < 1.29 is 9.47 Å². The minimum atomic E-state index is 0.0565. The molecule has 2 rings (SSSR count). The number of rotatable bonds is 5. The third-order valence-corrected chi connectivity index (χ3v) is 2.79. The van der Waals surface area contributed by atoms with Gasteiger partial charge in [0, 0.05) is 6.04 Å². The number of ether oxygens (including phenoxy) is 2. The summed E-state index contributed by atoms with van der Waals surface area (Å²) in [6.45, 7) is 1.04. The van der Waals surface area contributed by atoms with E-state index in [0.717, 1.165) is 42.9 Å². The van der Waals surface area contributed by atoms with Crippen molar-refractivity contribution in [3.63, 3.8) is 0 Å². The first-order valence-electron chi connectivity index (χ1n) is 5.66. The van der Waals surface area contributed by atoms with Gasteiger partial charge in [0.1, 0.15) is 0 Å². The van der Waals surface area contributed by atoms with Crippen LogP contribution in [0.5, 0.6) is 11.5 Å². The Bertz CT molecular complexity index is 355. The highest BCUT2D eigenvalue weighted by Crippen LogP contribution is 2.34. The van der Waals surface area contributed by atoms with E-state index in [9.17, 15) is 0 Å². The first kappa shape index (κ1) is 11.2. The third kappa shape index (κ3) is 2.46. The van der Waals surface area contributed by atoms with E-state index in [2.05, 4.69) is 0 Å². The van der Waals surface area contributed by atoms with Crippen molar-refractivity contribution in [2.24, 2.45) is 11.5 Å². The molecule has 1 heterocycles. The average molecular weight is 222 g/mol. The van der Waals surface area contributed by atoms with Gasteiger partial charge in [-0.1, -0.05) is 12.5 Å². The smallest absolute Gasteiger partial charge is 0.231 e. The fourth-order valence-electron chi connectivity index (χ4n) is 1.82. The van der Waals surface area contributed by atoms with Crippen LogP contribution in [0.3, 0.4) is 0 Å². The molecular weight excluding hydrogens is 204 g/mol. The van der Waals surface area contributed by atoms with Crippen LogP contribution in [0.1, 0.15) is 30.9 Å². The number of unbranched alkanes of at least 4 members (excludes halogenated alkanes) is 1. The van der Waals surface area contributed by atoms with Crippen LogP contribution in [-0.2, 0) is 0 Å². The van der Waals surface area contributed by atoms with Crippen molar-refractivity contribution in [2.45, 2.75) is 25.3 Å². The molecule has 1 aromatic rings. The zero-order valence-corrected chi connectivity index (χ0v) is 9.32. The van der Waals surface area contributed by atoms with E-state index in [1.54, 1.807) is 0 Å². The molecule has 0 bridgehead atoms. The van der Waals surface area contributed by atoms with Crippen molar-refractivity contribution >= 4 is 0 Å². The first-order chi connectivity index (χ1) is 7.81. The molecule has 16 heavy (non-hydrogen) atoms. The molecule has 1 aliphatic rings. The zero-order valence-electron chi connectivity index (χ0n) is 9.32. The van der Waals surface area contributed by atoms with Crippen LogP contribution in [0.2, 0.25) is 0 Å². The van der Waals surface area contributed by atoms with Crippen LogP contribution in [0.4, 0.5) is 0 Å². The molecule has 1 aromatic carbocycles. The normalized spacial score (nSPS) is 15.1. The molecule has 0 fully saturated rings. The second kappa shape index (κ2) is 5.18. The van der Waals surface area contributed by atoms with E-state index in [0.29, 0.717) is 6.79 Å². The molecule has 4 nitrogen and oxygen atoms in total. The Morgan fingerprint density at radius 2 is 2.00 bits per heavy atom. The topological polar surface area (TPSA) is 70.5 Å². The quantitative estimate of drug-likeness (QED) is 0.741. The zero-order chi connectivity index (χ0) is 11.4. The van der Waals surface area contributed by atoms with Gasteiger partial charge in [0.25, 0.3) is 0 Å². The highest BCUT2D eigenvalue weighted by Gasteiger charge is 2.15. The van der Waals surface area contributed by atoms with Crippen LogP contribution in [0, 0.1) is 0 Å². The number of benzene rings is 1. The maximum absolute atomic E-state index is 6.09. The SMILES string of the molecule is NCCCC[C@@H](N)c1ccc2c(c1)OCO2. The Morgan fingerprint density at radius 3 is 2.81 bits per heavy atom. The average Bonchev–Trinajstić information content (AvgIpc) is 2.76. The highest BCUT2D eigenvalue weighted by atomic mass is 16.7. The summed E-state index contributed by atoms with van der Waals surface area (Å²) in [5.41, 5.74) is 12.6. The lowest BCUT2D eigenvalue weighted by Gasteiger charge is -2.12. The van der Waals surface area contributed by atoms with E-state index in [-0.39, 0.29) is 6.04 Å². The van der Waals surface area contributed by atoms with Crippen LogP contribution < -0.4 is 20.9 Å². The van der Waals surface area contributed by atoms with Gasteiger partial charge in [0.15, 0.2) is 11.5 Å². The van der Waals surface area contributed by atoms with Crippen molar-refractivity contribution in [2.75, 3.05) is 13.3 Å². The Hall–Kier alpha value is -1.26. The largest absolute Gasteiger partial charge is 0.454 e. The van der Waals surface area contributed by atoms with E-state index in [4.69, 9.17) is 20.9 Å². The van der Waals surface area contributed by atoms with Crippen molar-refractivity contribution in [3.8, 4) is 11.5 Å². The predicted octanol–water partition coefficient (Wildman–Crippen LogP) is 1.54. The standard InChI is InChI=1S/C12H18N2O2/c13-6-2-1-3-10(14)9-4-5-11-12(7-9)16-8-15-11/h4-5,7,10H,1-3,6,8,13-14H2/t10-/m1/s1. The third-order valence-electron chi connectivity index (χ3n) is 2.79. The molecule has 4 heteroatoms. The van der Waals surface area contributed by atoms with Gasteiger partial charge in [-0.2, -0.15) is 0 Å². The Morgan fingerprint density at radius 1 is 1.19 bits per heavy atom. The number of nitrogens with two attached hydrogens (primary N) is 2. The monoisotopic (exact) mass is 222 g/mol. The predicted molar refractivity (Wildman–Crippen MR) is 62.4 cm³/mol. The Kier molecular flexibility index (Phi) is 3.64. The number of fused-ring (bicyclic) bond motifs is 1. The summed E-state index contributed by atoms with van der Waals surface area (Å²) in [4.78, 5) is 0. The highest BCUT2D eigenvalue weighted by molar-refractivity contribution is 5.45. The van der Waals surface area contributed by atoms with Crippen molar-refractivity contribution in [1.29, 1.82) is 0 Å². The summed E-state index contributed by atoms with van der Waals surface area (Å²) in [6.07, 6.45) is 3.04. The van der Waals surface area contributed by atoms with Gasteiger partial charge in [0.2, 0.25) is 6.79 Å². The summed E-state index contributed by atoms with van der Waals surface area (Å²) in [5, 5.41) is 0. The van der Waals surface area contributed by atoms with Gasteiger partial charge in [-0.15, -0.1) is 0 Å². The molecule has 0 saturated carbocycles. The lowest BCUT2D eigenvalue weighted by molar-refractivity contribution is 0.174. The van der Waals surface area contributed by atoms with Gasteiger partial charge in [-0.3, -0.25) is 0 Å². The molecule has 0 aromatic heterocycles. The fourth-order valence-corrected chi connectivity index (χ4v) is 1.82. The summed E-state index contributed by atoms with van der Waals surface area (Å²) in [5.74, 6) is 1.60. The molecule has 0 saturated heterocycles. The molecule has 1 aliphatic heterocycles. The second-order valence-corrected chi connectivity index (χ2v) is 4.00. The summed E-state index contributed by atoms with van der Waals surface area (Å²) < 4.78 is 10.6. The van der Waals surface area contributed by atoms with Crippen molar-refractivity contribution in [3.05, 3.63) is 23.8 Å². The maximum atomic E-state index is 6.09.